The third-order valence-electron chi connectivity index (χ3n) is 3.14. The quantitative estimate of drug-likeness (QED) is 0.635. The Bertz CT molecular complexity index is 869. The lowest BCUT2D eigenvalue weighted by Crippen LogP contribution is -2.18. The predicted octanol–water partition coefficient (Wildman–Crippen LogP) is 2.54. The van der Waals surface area contributed by atoms with Crippen LogP contribution in [0.3, 0.4) is 0 Å². The van der Waals surface area contributed by atoms with Gasteiger partial charge < -0.3 is 5.32 Å². The molecule has 2 aromatic carbocycles. The summed E-state index contributed by atoms with van der Waals surface area (Å²) in [6.07, 6.45) is -0.403. The molecule has 0 aliphatic rings. The fourth-order valence-electron chi connectivity index (χ4n) is 1.91. The van der Waals surface area contributed by atoms with Crippen molar-refractivity contribution in [2.24, 2.45) is 0 Å². The molecule has 0 atom stereocenters. The van der Waals surface area contributed by atoms with E-state index in [2.05, 4.69) is 5.32 Å². The maximum atomic E-state index is 13.6. The van der Waals surface area contributed by atoms with Crippen molar-refractivity contribution in [1.29, 1.82) is 0 Å². The summed E-state index contributed by atoms with van der Waals surface area (Å²) in [5.41, 5.74) is -0.755. The Labute approximate surface area is 137 Å². The molecule has 0 spiro atoms. The summed E-state index contributed by atoms with van der Waals surface area (Å²) < 4.78 is 37.7. The largest absolute Gasteiger partial charge is 0.323 e. The van der Waals surface area contributed by atoms with Gasteiger partial charge in [-0.2, -0.15) is 0 Å². The second-order valence-corrected chi connectivity index (χ2v) is 6.96. The van der Waals surface area contributed by atoms with E-state index in [0.29, 0.717) is 0 Å². The van der Waals surface area contributed by atoms with Crippen LogP contribution in [0.4, 0.5) is 15.8 Å². The van der Waals surface area contributed by atoms with Crippen molar-refractivity contribution >= 4 is 27.1 Å². The second-order valence-electron chi connectivity index (χ2n) is 4.85. The minimum atomic E-state index is -3.64. The van der Waals surface area contributed by atoms with Gasteiger partial charge >= 0.3 is 0 Å². The highest BCUT2D eigenvalue weighted by Gasteiger charge is 2.18. The Hall–Kier alpha value is -2.81. The number of nitrogens with zero attached hydrogens (tertiary/aromatic N) is 1. The van der Waals surface area contributed by atoms with Crippen molar-refractivity contribution in [2.45, 2.75) is 11.3 Å². The first-order valence-corrected chi connectivity index (χ1v) is 8.46. The summed E-state index contributed by atoms with van der Waals surface area (Å²) in [6, 6.07) is 10.3. The molecule has 2 aromatic rings. The Kier molecular flexibility index (Phi) is 5.24. The van der Waals surface area contributed by atoms with Gasteiger partial charge in [-0.05, 0) is 18.2 Å². The van der Waals surface area contributed by atoms with Gasteiger partial charge in [0.05, 0.1) is 21.3 Å². The van der Waals surface area contributed by atoms with E-state index < -0.39 is 38.7 Å². The van der Waals surface area contributed by atoms with Crippen LogP contribution in [-0.2, 0) is 14.6 Å². The van der Waals surface area contributed by atoms with Crippen molar-refractivity contribution in [2.75, 3.05) is 11.1 Å². The number of hydrogen-bond donors (Lipinski definition) is 1. The normalized spacial score (nSPS) is 11.0. The van der Waals surface area contributed by atoms with Gasteiger partial charge in [-0.3, -0.25) is 14.9 Å². The van der Waals surface area contributed by atoms with E-state index in [1.165, 1.54) is 12.1 Å². The van der Waals surface area contributed by atoms with Crippen molar-refractivity contribution in [3.05, 3.63) is 64.5 Å². The number of carbonyl (C=O) groups is 1. The van der Waals surface area contributed by atoms with Crippen LogP contribution < -0.4 is 5.32 Å². The molecule has 126 valence electrons. The number of non-ortho nitro benzene ring substituents is 1. The van der Waals surface area contributed by atoms with Crippen LogP contribution in [-0.4, -0.2) is 25.0 Å². The summed E-state index contributed by atoms with van der Waals surface area (Å²) in [5.74, 6) is -2.06. The molecule has 0 aromatic heterocycles. The fourth-order valence-corrected chi connectivity index (χ4v) is 3.17. The molecule has 9 heteroatoms. The van der Waals surface area contributed by atoms with Gasteiger partial charge in [0.15, 0.2) is 9.84 Å². The average molecular weight is 352 g/mol. The first-order chi connectivity index (χ1) is 11.3. The highest BCUT2D eigenvalue weighted by atomic mass is 32.2. The van der Waals surface area contributed by atoms with Crippen LogP contribution in [0.2, 0.25) is 0 Å². The predicted molar refractivity (Wildman–Crippen MR) is 84.8 cm³/mol. The van der Waals surface area contributed by atoms with Crippen LogP contribution >= 0.6 is 0 Å². The molecule has 1 amide bonds. The van der Waals surface area contributed by atoms with Crippen molar-refractivity contribution in [3.8, 4) is 0 Å². The molecule has 0 radical (unpaired) electrons. The van der Waals surface area contributed by atoms with Crippen molar-refractivity contribution in [3.63, 3.8) is 0 Å². The number of hydrogen-bond acceptors (Lipinski definition) is 5. The lowest BCUT2D eigenvalue weighted by atomic mass is 10.2. The Morgan fingerprint density at radius 1 is 1.17 bits per heavy atom. The number of benzene rings is 2. The van der Waals surface area contributed by atoms with Gasteiger partial charge in [-0.1, -0.05) is 18.2 Å². The van der Waals surface area contributed by atoms with Crippen molar-refractivity contribution < 1.29 is 22.5 Å². The van der Waals surface area contributed by atoms with E-state index in [-0.39, 0.29) is 16.3 Å². The van der Waals surface area contributed by atoms with Crippen LogP contribution in [0.1, 0.15) is 6.42 Å². The molecule has 0 unspecified atom stereocenters. The highest BCUT2D eigenvalue weighted by Crippen LogP contribution is 2.21. The van der Waals surface area contributed by atoms with Crippen LogP contribution in [0.5, 0.6) is 0 Å². The Morgan fingerprint density at radius 3 is 2.46 bits per heavy atom. The number of halogens is 1. The number of nitro groups is 1. The average Bonchev–Trinajstić information content (AvgIpc) is 2.56. The van der Waals surface area contributed by atoms with Gasteiger partial charge in [0.2, 0.25) is 5.91 Å². The summed E-state index contributed by atoms with van der Waals surface area (Å²) in [4.78, 5) is 21.8. The van der Waals surface area contributed by atoms with Gasteiger partial charge in [-0.25, -0.2) is 12.8 Å². The highest BCUT2D eigenvalue weighted by molar-refractivity contribution is 7.91. The lowest BCUT2D eigenvalue weighted by Gasteiger charge is -2.07. The SMILES string of the molecule is O=C(CCS(=O)(=O)c1ccccc1)Nc1cc([N+](=O)[O-])ccc1F. The lowest BCUT2D eigenvalue weighted by molar-refractivity contribution is -0.384. The molecule has 7 nitrogen and oxygen atoms in total. The zero-order valence-corrected chi connectivity index (χ0v) is 13.1. The number of amides is 1. The minimum Gasteiger partial charge on any atom is -0.323 e. The van der Waals surface area contributed by atoms with E-state index in [1.807, 2.05) is 0 Å². The summed E-state index contributed by atoms with van der Waals surface area (Å²) in [6.45, 7) is 0. The van der Waals surface area contributed by atoms with Gasteiger partial charge in [-0.15, -0.1) is 0 Å². The molecule has 0 aliphatic heterocycles. The molecule has 0 bridgehead atoms. The second kappa shape index (κ2) is 7.18. The maximum Gasteiger partial charge on any atom is 0.271 e. The molecule has 0 saturated heterocycles. The molecule has 2 rings (SSSR count). The molecule has 0 fully saturated rings. The first-order valence-electron chi connectivity index (χ1n) is 6.81. The van der Waals surface area contributed by atoms with E-state index in [4.69, 9.17) is 0 Å². The molecular weight excluding hydrogens is 339 g/mol. The Morgan fingerprint density at radius 2 is 1.83 bits per heavy atom. The fraction of sp³-hybridized carbons (Fsp3) is 0.133. The molecular formula is C15H13FN2O5S. The summed E-state index contributed by atoms with van der Waals surface area (Å²) in [5, 5.41) is 12.8. The third-order valence-corrected chi connectivity index (χ3v) is 4.87. The molecule has 0 aliphatic carbocycles. The minimum absolute atomic E-state index is 0.0827. The van der Waals surface area contributed by atoms with E-state index in [0.717, 1.165) is 18.2 Å². The third kappa shape index (κ3) is 4.35. The van der Waals surface area contributed by atoms with Gasteiger partial charge in [0.25, 0.3) is 5.69 Å². The molecule has 24 heavy (non-hydrogen) atoms. The van der Waals surface area contributed by atoms with Crippen LogP contribution in [0.25, 0.3) is 0 Å². The summed E-state index contributed by atoms with van der Waals surface area (Å²) in [7, 11) is -3.64. The smallest absolute Gasteiger partial charge is 0.271 e. The summed E-state index contributed by atoms with van der Waals surface area (Å²) >= 11 is 0. The van der Waals surface area contributed by atoms with Crippen molar-refractivity contribution in [1.82, 2.24) is 0 Å². The van der Waals surface area contributed by atoms with E-state index in [1.54, 1.807) is 18.2 Å². The molecule has 0 saturated carbocycles. The topological polar surface area (TPSA) is 106 Å². The molecule has 0 heterocycles. The van der Waals surface area contributed by atoms with E-state index >= 15 is 0 Å². The Balaban J connectivity index is 2.04. The maximum absolute atomic E-state index is 13.6. The first kappa shape index (κ1) is 17.5. The number of nitrogens with one attached hydrogen (secondary N) is 1. The van der Waals surface area contributed by atoms with E-state index in [9.17, 15) is 27.7 Å². The van der Waals surface area contributed by atoms with Gasteiger partial charge in [0.1, 0.15) is 5.82 Å². The number of carbonyl (C=O) groups excluding carboxylic acids is 1. The number of rotatable bonds is 6. The number of anilines is 1. The zero-order chi connectivity index (χ0) is 17.7. The molecule has 1 N–H and O–H groups in total. The number of nitro benzene ring substituents is 1. The number of sulfone groups is 1. The van der Waals surface area contributed by atoms with Gasteiger partial charge in [0, 0.05) is 18.6 Å². The monoisotopic (exact) mass is 352 g/mol. The van der Waals surface area contributed by atoms with Crippen LogP contribution in [0, 0.1) is 15.9 Å². The van der Waals surface area contributed by atoms with Crippen LogP contribution in [0.15, 0.2) is 53.4 Å². The zero-order valence-electron chi connectivity index (χ0n) is 12.3. The standard InChI is InChI=1S/C15H13FN2O5S/c16-13-7-6-11(18(20)21)10-14(13)17-15(19)8-9-24(22,23)12-4-2-1-3-5-12/h1-7,10H,8-9H2,(H,17,19).